The van der Waals surface area contributed by atoms with Gasteiger partial charge in [-0.1, -0.05) is 11.6 Å². The van der Waals surface area contributed by atoms with E-state index in [2.05, 4.69) is 5.32 Å². The van der Waals surface area contributed by atoms with Gasteiger partial charge in [0.05, 0.1) is 10.6 Å². The molecule has 1 aromatic carbocycles. The first kappa shape index (κ1) is 13.3. The van der Waals surface area contributed by atoms with Crippen molar-refractivity contribution in [3.05, 3.63) is 28.8 Å². The van der Waals surface area contributed by atoms with Crippen LogP contribution in [0.2, 0.25) is 5.02 Å². The van der Waals surface area contributed by atoms with Crippen molar-refractivity contribution < 1.29 is 19.8 Å². The summed E-state index contributed by atoms with van der Waals surface area (Å²) in [6.45, 7) is 0.247. The molecular weight excluding hydrogens is 246 g/mol. The molecule has 3 N–H and O–H groups in total. The summed E-state index contributed by atoms with van der Waals surface area (Å²) in [5.74, 6) is -1.39. The molecule has 6 heteroatoms. The molecule has 17 heavy (non-hydrogen) atoms. The number of aromatic hydroxyl groups is 1. The van der Waals surface area contributed by atoms with E-state index in [0.29, 0.717) is 6.42 Å². The van der Waals surface area contributed by atoms with Gasteiger partial charge in [0.2, 0.25) is 0 Å². The number of carbonyl (C=O) groups excluding carboxylic acids is 1. The molecule has 5 nitrogen and oxygen atoms in total. The summed E-state index contributed by atoms with van der Waals surface area (Å²) in [6.07, 6.45) is 0.339. The molecule has 0 aromatic heterocycles. The molecular formula is C11H12ClNO4. The van der Waals surface area contributed by atoms with Gasteiger partial charge in [0.25, 0.3) is 5.91 Å². The molecule has 92 valence electrons. The predicted molar refractivity (Wildman–Crippen MR) is 62.3 cm³/mol. The third kappa shape index (κ3) is 4.32. The maximum Gasteiger partial charge on any atom is 0.303 e. The van der Waals surface area contributed by atoms with E-state index in [4.69, 9.17) is 16.7 Å². The van der Waals surface area contributed by atoms with Gasteiger partial charge in [-0.2, -0.15) is 0 Å². The number of hydrogen-bond donors (Lipinski definition) is 3. The van der Waals surface area contributed by atoms with E-state index in [9.17, 15) is 14.7 Å². The van der Waals surface area contributed by atoms with Crippen molar-refractivity contribution >= 4 is 23.5 Å². The van der Waals surface area contributed by atoms with Crippen LogP contribution < -0.4 is 5.32 Å². The van der Waals surface area contributed by atoms with Gasteiger partial charge in [0, 0.05) is 13.0 Å². The predicted octanol–water partition coefficient (Wildman–Crippen LogP) is 1.64. The largest absolute Gasteiger partial charge is 0.508 e. The molecule has 0 bridgehead atoms. The Balaban J connectivity index is 2.52. The highest BCUT2D eigenvalue weighted by Gasteiger charge is 2.10. The number of carboxylic acid groups (broad SMARTS) is 1. The standard InChI is InChI=1S/C11H12ClNO4/c12-9-4-3-7(14)6-8(9)11(17)13-5-1-2-10(15)16/h3-4,6,14H,1-2,5H2,(H,13,17)(H,15,16). The van der Waals surface area contributed by atoms with Crippen LogP contribution in [0, 0.1) is 0 Å². The summed E-state index contributed by atoms with van der Waals surface area (Å²) in [5.41, 5.74) is 0.169. The molecule has 0 saturated heterocycles. The summed E-state index contributed by atoms with van der Waals surface area (Å²) in [4.78, 5) is 21.9. The Hall–Kier alpha value is -1.75. The van der Waals surface area contributed by atoms with E-state index in [-0.39, 0.29) is 29.3 Å². The molecule has 0 fully saturated rings. The molecule has 1 aromatic rings. The number of phenols is 1. The SMILES string of the molecule is O=C(O)CCCNC(=O)c1cc(O)ccc1Cl. The van der Waals surface area contributed by atoms with Gasteiger partial charge >= 0.3 is 5.97 Å². The number of carbonyl (C=O) groups is 2. The minimum absolute atomic E-state index is 0.00590. The lowest BCUT2D eigenvalue weighted by molar-refractivity contribution is -0.137. The summed E-state index contributed by atoms with van der Waals surface area (Å²) >= 11 is 5.79. The van der Waals surface area contributed by atoms with E-state index in [1.165, 1.54) is 18.2 Å². The minimum Gasteiger partial charge on any atom is -0.508 e. The van der Waals surface area contributed by atoms with Crippen molar-refractivity contribution in [1.82, 2.24) is 5.32 Å². The van der Waals surface area contributed by atoms with E-state index in [0.717, 1.165) is 0 Å². The number of amides is 1. The molecule has 0 aliphatic heterocycles. The lowest BCUT2D eigenvalue weighted by Crippen LogP contribution is -2.25. The second-order valence-electron chi connectivity index (χ2n) is 3.42. The van der Waals surface area contributed by atoms with Crippen LogP contribution >= 0.6 is 11.6 Å². The number of nitrogens with one attached hydrogen (secondary N) is 1. The van der Waals surface area contributed by atoms with Gasteiger partial charge in [-0.05, 0) is 24.6 Å². The normalized spacial score (nSPS) is 9.94. The average molecular weight is 258 g/mol. The van der Waals surface area contributed by atoms with Crippen molar-refractivity contribution in [2.24, 2.45) is 0 Å². The number of phenolic OH excluding ortho intramolecular Hbond substituents is 1. The lowest BCUT2D eigenvalue weighted by Gasteiger charge is -2.06. The lowest BCUT2D eigenvalue weighted by atomic mass is 10.2. The highest BCUT2D eigenvalue weighted by atomic mass is 35.5. The zero-order chi connectivity index (χ0) is 12.8. The topological polar surface area (TPSA) is 86.6 Å². The molecule has 0 unspecified atom stereocenters. The number of rotatable bonds is 5. The van der Waals surface area contributed by atoms with Gasteiger partial charge in [0.15, 0.2) is 0 Å². The fourth-order valence-electron chi connectivity index (χ4n) is 1.22. The van der Waals surface area contributed by atoms with Crippen molar-refractivity contribution in [1.29, 1.82) is 0 Å². The molecule has 0 spiro atoms. The summed E-state index contributed by atoms with van der Waals surface area (Å²) < 4.78 is 0. The number of carboxylic acids is 1. The number of benzene rings is 1. The third-order valence-corrected chi connectivity index (χ3v) is 2.38. The van der Waals surface area contributed by atoms with Crippen molar-refractivity contribution in [3.63, 3.8) is 0 Å². The highest BCUT2D eigenvalue weighted by molar-refractivity contribution is 6.33. The molecule has 1 rings (SSSR count). The van der Waals surface area contributed by atoms with E-state index >= 15 is 0 Å². The number of hydrogen-bond acceptors (Lipinski definition) is 3. The zero-order valence-corrected chi connectivity index (χ0v) is 9.70. The number of aliphatic carboxylic acids is 1. The highest BCUT2D eigenvalue weighted by Crippen LogP contribution is 2.20. The van der Waals surface area contributed by atoms with E-state index < -0.39 is 11.9 Å². The zero-order valence-electron chi connectivity index (χ0n) is 8.94. The fraction of sp³-hybridized carbons (Fsp3) is 0.273. The fourth-order valence-corrected chi connectivity index (χ4v) is 1.43. The smallest absolute Gasteiger partial charge is 0.303 e. The van der Waals surface area contributed by atoms with Gasteiger partial charge in [-0.25, -0.2) is 0 Å². The Morgan fingerprint density at radius 2 is 2.06 bits per heavy atom. The Kier molecular flexibility index (Phi) is 4.78. The maximum atomic E-state index is 11.6. The number of halogens is 1. The van der Waals surface area contributed by atoms with Crippen LogP contribution in [-0.2, 0) is 4.79 Å². The first-order valence-electron chi connectivity index (χ1n) is 4.99. The molecule has 1 amide bonds. The quantitative estimate of drug-likeness (QED) is 0.700. The average Bonchev–Trinajstić information content (AvgIpc) is 2.27. The van der Waals surface area contributed by atoms with E-state index in [1.54, 1.807) is 0 Å². The van der Waals surface area contributed by atoms with Crippen LogP contribution in [0.15, 0.2) is 18.2 Å². The molecule has 0 heterocycles. The second kappa shape index (κ2) is 6.10. The summed E-state index contributed by atoms with van der Waals surface area (Å²) in [7, 11) is 0. The molecule has 0 saturated carbocycles. The Labute approximate surface area is 103 Å². The molecule has 0 atom stereocenters. The summed E-state index contributed by atoms with van der Waals surface area (Å²) in [6, 6.07) is 4.06. The van der Waals surface area contributed by atoms with Crippen molar-refractivity contribution in [2.75, 3.05) is 6.54 Å². The van der Waals surface area contributed by atoms with Gasteiger partial charge < -0.3 is 15.5 Å². The first-order valence-corrected chi connectivity index (χ1v) is 5.37. The first-order chi connectivity index (χ1) is 8.00. The van der Waals surface area contributed by atoms with Crippen molar-refractivity contribution in [2.45, 2.75) is 12.8 Å². The Bertz CT molecular complexity index is 433. The Morgan fingerprint density at radius 1 is 1.35 bits per heavy atom. The molecule has 0 aliphatic rings. The summed E-state index contributed by atoms with van der Waals surface area (Å²) in [5, 5.41) is 20.4. The molecule has 0 aliphatic carbocycles. The Morgan fingerprint density at radius 3 is 2.71 bits per heavy atom. The van der Waals surface area contributed by atoms with Crippen LogP contribution in [0.5, 0.6) is 5.75 Å². The van der Waals surface area contributed by atoms with Crippen molar-refractivity contribution in [3.8, 4) is 5.75 Å². The monoisotopic (exact) mass is 257 g/mol. The van der Waals surface area contributed by atoms with Gasteiger partial charge in [-0.3, -0.25) is 9.59 Å². The van der Waals surface area contributed by atoms with Crippen LogP contribution in [0.25, 0.3) is 0 Å². The molecule has 0 radical (unpaired) electrons. The van der Waals surface area contributed by atoms with Crippen LogP contribution in [0.3, 0.4) is 0 Å². The van der Waals surface area contributed by atoms with Gasteiger partial charge in [-0.15, -0.1) is 0 Å². The van der Waals surface area contributed by atoms with Crippen LogP contribution in [-0.4, -0.2) is 28.6 Å². The van der Waals surface area contributed by atoms with Crippen LogP contribution in [0.1, 0.15) is 23.2 Å². The second-order valence-corrected chi connectivity index (χ2v) is 3.82. The minimum atomic E-state index is -0.908. The van der Waals surface area contributed by atoms with Gasteiger partial charge in [0.1, 0.15) is 5.75 Å². The third-order valence-electron chi connectivity index (χ3n) is 2.05. The maximum absolute atomic E-state index is 11.6. The van der Waals surface area contributed by atoms with Crippen LogP contribution in [0.4, 0.5) is 0 Å². The van der Waals surface area contributed by atoms with E-state index in [1.807, 2.05) is 0 Å².